The maximum Gasteiger partial charge on any atom is 0.433 e. The Morgan fingerprint density at radius 2 is 2.00 bits per heavy atom. The lowest BCUT2D eigenvalue weighted by Crippen LogP contribution is -2.08. The average Bonchev–Trinajstić information content (AvgIpc) is 1.86. The van der Waals surface area contributed by atoms with Crippen molar-refractivity contribution in [3.05, 3.63) is 23.8 Å². The molecule has 1 aromatic rings. The molecule has 2 nitrogen and oxygen atoms in total. The van der Waals surface area contributed by atoms with Gasteiger partial charge >= 0.3 is 6.18 Å². The predicted molar refractivity (Wildman–Crippen MR) is 30.6 cm³/mol. The van der Waals surface area contributed by atoms with E-state index >= 15 is 0 Å². The number of nitrogens with zero attached hydrogens (tertiary/aromatic N) is 2. The molecule has 11 heavy (non-hydrogen) atoms. The second kappa shape index (κ2) is 2.48. The van der Waals surface area contributed by atoms with Gasteiger partial charge in [-0.25, -0.2) is 9.97 Å². The van der Waals surface area contributed by atoms with E-state index < -0.39 is 11.9 Å². The molecule has 0 saturated carbocycles. The molecule has 0 aliphatic carbocycles. The molecule has 1 rings (SSSR count). The largest absolute Gasteiger partial charge is 0.433 e. The van der Waals surface area contributed by atoms with Crippen LogP contribution >= 0.6 is 0 Å². The number of hydrogen-bond acceptors (Lipinski definition) is 2. The van der Waals surface area contributed by atoms with Crippen molar-refractivity contribution in [3.8, 4) is 0 Å². The first-order valence-corrected chi connectivity index (χ1v) is 2.79. The Morgan fingerprint density at radius 1 is 1.36 bits per heavy atom. The van der Waals surface area contributed by atoms with E-state index in [4.69, 9.17) is 0 Å². The minimum absolute atomic E-state index is 0.257. The minimum atomic E-state index is -4.40. The molecule has 0 aromatic carbocycles. The lowest BCUT2D eigenvalue weighted by molar-refractivity contribution is -0.141. The first kappa shape index (κ1) is 7.97. The number of aromatic nitrogens is 2. The third-order valence-corrected chi connectivity index (χ3v) is 1.03. The number of aryl methyl sites for hydroxylation is 1. The van der Waals surface area contributed by atoms with Crippen molar-refractivity contribution in [2.45, 2.75) is 13.1 Å². The molecule has 0 unspecified atom stereocenters. The second-order valence-electron chi connectivity index (χ2n) is 1.99. The molecule has 1 aromatic heterocycles. The van der Waals surface area contributed by atoms with Crippen LogP contribution in [0.25, 0.3) is 0 Å². The molecule has 5 heteroatoms. The highest BCUT2D eigenvalue weighted by Crippen LogP contribution is 2.26. The highest BCUT2D eigenvalue weighted by Gasteiger charge is 2.32. The Balaban J connectivity index is 3.06. The summed E-state index contributed by atoms with van der Waals surface area (Å²) in [5, 5.41) is 0. The minimum Gasteiger partial charge on any atom is -0.231 e. The van der Waals surface area contributed by atoms with E-state index in [-0.39, 0.29) is 5.69 Å². The maximum atomic E-state index is 11.9. The van der Waals surface area contributed by atoms with Gasteiger partial charge < -0.3 is 0 Å². The lowest BCUT2D eigenvalue weighted by Gasteiger charge is -2.03. The van der Waals surface area contributed by atoms with E-state index in [2.05, 4.69) is 9.97 Å². The molecule has 0 fully saturated rings. The summed E-state index contributed by atoms with van der Waals surface area (Å²) < 4.78 is 35.6. The maximum absolute atomic E-state index is 11.9. The molecule has 0 atom stereocenters. The van der Waals surface area contributed by atoms with Gasteiger partial charge in [0.05, 0.1) is 0 Å². The lowest BCUT2D eigenvalue weighted by atomic mass is 10.3. The third-order valence-electron chi connectivity index (χ3n) is 1.03. The van der Waals surface area contributed by atoms with Crippen LogP contribution in [0, 0.1) is 13.3 Å². The first-order valence-electron chi connectivity index (χ1n) is 2.79. The molecule has 0 spiro atoms. The van der Waals surface area contributed by atoms with Crippen molar-refractivity contribution in [2.75, 3.05) is 0 Å². The van der Waals surface area contributed by atoms with Crippen LogP contribution in [-0.2, 0) is 6.18 Å². The standard InChI is InChI=1S/C6H4F3N2/c1-4-2-5(6(7,8)9)11-3-10-4/h2H,1H3. The molecule has 0 aliphatic rings. The summed E-state index contributed by atoms with van der Waals surface area (Å²) in [7, 11) is 0. The highest BCUT2D eigenvalue weighted by molar-refractivity contribution is 5.08. The van der Waals surface area contributed by atoms with E-state index in [0.717, 1.165) is 6.07 Å². The molecule has 0 bridgehead atoms. The second-order valence-corrected chi connectivity index (χ2v) is 1.99. The van der Waals surface area contributed by atoms with Gasteiger partial charge in [0.1, 0.15) is 5.69 Å². The van der Waals surface area contributed by atoms with Gasteiger partial charge in [-0.05, 0) is 13.0 Å². The third kappa shape index (κ3) is 1.89. The molecule has 0 N–H and O–H groups in total. The highest BCUT2D eigenvalue weighted by atomic mass is 19.4. The SMILES string of the molecule is Cc1cc(C(F)(F)F)n[c]n1. The summed E-state index contributed by atoms with van der Waals surface area (Å²) in [5.74, 6) is 0. The summed E-state index contributed by atoms with van der Waals surface area (Å²) in [6.45, 7) is 1.45. The van der Waals surface area contributed by atoms with E-state index in [0.29, 0.717) is 0 Å². The van der Waals surface area contributed by atoms with Crippen LogP contribution < -0.4 is 0 Å². The Kier molecular flexibility index (Phi) is 1.80. The normalized spacial score (nSPS) is 11.6. The Hall–Kier alpha value is -1.13. The number of halogens is 3. The molecule has 0 aliphatic heterocycles. The van der Waals surface area contributed by atoms with Crippen molar-refractivity contribution in [3.63, 3.8) is 0 Å². The fraction of sp³-hybridized carbons (Fsp3) is 0.333. The fourth-order valence-corrected chi connectivity index (χ4v) is 0.565. The van der Waals surface area contributed by atoms with Crippen LogP contribution in [0.15, 0.2) is 6.07 Å². The van der Waals surface area contributed by atoms with Gasteiger partial charge in [-0.2, -0.15) is 13.2 Å². The van der Waals surface area contributed by atoms with Crippen molar-refractivity contribution in [1.29, 1.82) is 0 Å². The van der Waals surface area contributed by atoms with Crippen molar-refractivity contribution >= 4 is 0 Å². The zero-order valence-corrected chi connectivity index (χ0v) is 5.61. The Morgan fingerprint density at radius 3 is 2.36 bits per heavy atom. The van der Waals surface area contributed by atoms with Gasteiger partial charge in [0.2, 0.25) is 0 Å². The quantitative estimate of drug-likeness (QED) is 0.577. The summed E-state index contributed by atoms with van der Waals surface area (Å²) in [6, 6.07) is 0.872. The van der Waals surface area contributed by atoms with Crippen molar-refractivity contribution in [2.24, 2.45) is 0 Å². The molecule has 59 valence electrons. The number of rotatable bonds is 0. The molecular weight excluding hydrogens is 157 g/mol. The smallest absolute Gasteiger partial charge is 0.231 e. The topological polar surface area (TPSA) is 25.8 Å². The fourth-order valence-electron chi connectivity index (χ4n) is 0.565. The van der Waals surface area contributed by atoms with E-state index in [1.807, 2.05) is 6.33 Å². The predicted octanol–water partition coefficient (Wildman–Crippen LogP) is 1.60. The van der Waals surface area contributed by atoms with Crippen LogP contribution in [0.4, 0.5) is 13.2 Å². The Bertz CT molecular complexity index is 256. The van der Waals surface area contributed by atoms with Gasteiger partial charge in [-0.15, -0.1) is 0 Å². The van der Waals surface area contributed by atoms with Gasteiger partial charge in [-0.1, -0.05) is 0 Å². The molecule has 1 radical (unpaired) electrons. The van der Waals surface area contributed by atoms with Gasteiger partial charge in [0.15, 0.2) is 6.33 Å². The average molecular weight is 161 g/mol. The zero-order chi connectivity index (χ0) is 8.48. The van der Waals surface area contributed by atoms with Crippen LogP contribution in [0.3, 0.4) is 0 Å². The summed E-state index contributed by atoms with van der Waals surface area (Å²) in [5.41, 5.74) is -0.697. The van der Waals surface area contributed by atoms with Crippen LogP contribution in [0.1, 0.15) is 11.4 Å². The summed E-state index contributed by atoms with van der Waals surface area (Å²) >= 11 is 0. The van der Waals surface area contributed by atoms with Gasteiger partial charge in [-0.3, -0.25) is 0 Å². The monoisotopic (exact) mass is 161 g/mol. The number of hydrogen-bond donors (Lipinski definition) is 0. The number of alkyl halides is 3. The summed E-state index contributed by atoms with van der Waals surface area (Å²) in [4.78, 5) is 6.37. The van der Waals surface area contributed by atoms with Crippen LogP contribution in [0.2, 0.25) is 0 Å². The Labute approximate surface area is 61.1 Å². The van der Waals surface area contributed by atoms with E-state index in [1.165, 1.54) is 6.92 Å². The van der Waals surface area contributed by atoms with Gasteiger partial charge in [0, 0.05) is 5.69 Å². The van der Waals surface area contributed by atoms with Crippen molar-refractivity contribution in [1.82, 2.24) is 9.97 Å². The summed E-state index contributed by atoms with van der Waals surface area (Å²) in [6.07, 6.45) is -2.48. The molecule has 0 saturated heterocycles. The van der Waals surface area contributed by atoms with Crippen LogP contribution in [0.5, 0.6) is 0 Å². The van der Waals surface area contributed by atoms with E-state index in [9.17, 15) is 13.2 Å². The molecule has 0 amide bonds. The van der Waals surface area contributed by atoms with Crippen molar-refractivity contribution < 1.29 is 13.2 Å². The van der Waals surface area contributed by atoms with E-state index in [1.54, 1.807) is 0 Å². The van der Waals surface area contributed by atoms with Crippen LogP contribution in [-0.4, -0.2) is 9.97 Å². The molecule has 1 heterocycles. The van der Waals surface area contributed by atoms with Gasteiger partial charge in [0.25, 0.3) is 0 Å². The zero-order valence-electron chi connectivity index (χ0n) is 5.61. The molecular formula is C6H4F3N2. The first-order chi connectivity index (χ1) is 5.00.